The third kappa shape index (κ3) is 3.48. The monoisotopic (exact) mass is 570 g/mol. The molecule has 38 heavy (non-hydrogen) atoms. The standard InChI is InChI=1S/C31H27BrN2O4/c1-2-37-25-15-18(14-24(32)28(25)38-17-20-8-5-7-19-6-3-4-9-21(19)20)16-33-34-29(35)26-22-10-11-23(27(26)30(34)36)31(22)12-13-31/h3-11,14-16,22-23,26-27H,2,12-13,17H2,1H3/b33-16-/t22-,23-,26+,27+/m1/s1. The SMILES string of the molecule is CCOc1cc(/C=N\N2C(=O)[C@@H]3[C@@H](C2=O)[C@H]2C=C[C@H]3C23CC3)cc(Br)c1OCc1cccc2ccccc12. The molecule has 2 bridgehead atoms. The van der Waals surface area contributed by atoms with Gasteiger partial charge < -0.3 is 9.47 Å². The van der Waals surface area contributed by atoms with E-state index in [0.29, 0.717) is 34.7 Å². The van der Waals surface area contributed by atoms with Crippen molar-refractivity contribution in [3.05, 3.63) is 82.3 Å². The average molecular weight is 571 g/mol. The first kappa shape index (κ1) is 23.7. The number of hydrazone groups is 1. The Morgan fingerprint density at radius 3 is 2.42 bits per heavy atom. The van der Waals surface area contributed by atoms with Gasteiger partial charge in [0.1, 0.15) is 6.61 Å². The summed E-state index contributed by atoms with van der Waals surface area (Å²) in [6.45, 7) is 2.75. The molecule has 6 nitrogen and oxygen atoms in total. The Bertz CT molecular complexity index is 1500. The van der Waals surface area contributed by atoms with Gasteiger partial charge in [-0.05, 0) is 87.0 Å². The highest BCUT2D eigenvalue weighted by molar-refractivity contribution is 9.10. The number of fused-ring (bicyclic) bond motifs is 4. The van der Waals surface area contributed by atoms with Gasteiger partial charge in [0.15, 0.2) is 11.5 Å². The lowest BCUT2D eigenvalue weighted by Gasteiger charge is -2.18. The van der Waals surface area contributed by atoms with Crippen LogP contribution in [0.3, 0.4) is 0 Å². The van der Waals surface area contributed by atoms with Crippen LogP contribution < -0.4 is 9.47 Å². The Morgan fingerprint density at radius 2 is 1.71 bits per heavy atom. The number of ether oxygens (including phenoxy) is 2. The number of imide groups is 1. The van der Waals surface area contributed by atoms with Crippen LogP contribution in [-0.2, 0) is 16.2 Å². The number of benzene rings is 3. The maximum absolute atomic E-state index is 13.2. The quantitative estimate of drug-likeness (QED) is 0.195. The minimum atomic E-state index is -0.257. The molecule has 4 aliphatic rings. The Balaban J connectivity index is 1.12. The van der Waals surface area contributed by atoms with Crippen LogP contribution in [0.2, 0.25) is 0 Å². The van der Waals surface area contributed by atoms with E-state index in [1.165, 1.54) is 0 Å². The zero-order valence-electron chi connectivity index (χ0n) is 21.0. The second-order valence-electron chi connectivity index (χ2n) is 10.6. The molecule has 3 aromatic carbocycles. The van der Waals surface area contributed by atoms with Crippen LogP contribution in [0.25, 0.3) is 10.8 Å². The molecule has 3 fully saturated rings. The van der Waals surface area contributed by atoms with Crippen LogP contribution in [0.15, 0.2) is 76.3 Å². The van der Waals surface area contributed by atoms with Crippen LogP contribution in [0.1, 0.15) is 30.9 Å². The van der Waals surface area contributed by atoms with Crippen molar-refractivity contribution >= 4 is 44.7 Å². The number of hydrogen-bond acceptors (Lipinski definition) is 5. The topological polar surface area (TPSA) is 68.2 Å². The van der Waals surface area contributed by atoms with E-state index in [4.69, 9.17) is 9.47 Å². The van der Waals surface area contributed by atoms with E-state index in [-0.39, 0.29) is 40.9 Å². The Kier molecular flexibility index (Phi) is 5.48. The fourth-order valence-corrected chi connectivity index (χ4v) is 7.51. The van der Waals surface area contributed by atoms with Crippen molar-refractivity contribution in [3.63, 3.8) is 0 Å². The van der Waals surface area contributed by atoms with E-state index in [2.05, 4.69) is 57.4 Å². The predicted molar refractivity (Wildman–Crippen MR) is 148 cm³/mol. The number of allylic oxidation sites excluding steroid dienone is 2. The molecular weight excluding hydrogens is 544 g/mol. The van der Waals surface area contributed by atoms with E-state index in [1.807, 2.05) is 37.3 Å². The summed E-state index contributed by atoms with van der Waals surface area (Å²) in [6.07, 6.45) is 8.13. The van der Waals surface area contributed by atoms with Crippen LogP contribution in [0, 0.1) is 29.1 Å². The third-order valence-electron chi connectivity index (χ3n) is 8.74. The summed E-state index contributed by atoms with van der Waals surface area (Å²) in [5, 5.41) is 7.77. The predicted octanol–water partition coefficient (Wildman–Crippen LogP) is 6.11. The lowest BCUT2D eigenvalue weighted by molar-refractivity contribution is -0.141. The number of hydrogen-bond donors (Lipinski definition) is 0. The van der Waals surface area contributed by atoms with E-state index in [9.17, 15) is 9.59 Å². The summed E-state index contributed by atoms with van der Waals surface area (Å²) in [5.74, 6) is 0.684. The van der Waals surface area contributed by atoms with Crippen molar-refractivity contribution in [1.82, 2.24) is 5.01 Å². The van der Waals surface area contributed by atoms with E-state index in [0.717, 1.165) is 34.2 Å². The highest BCUT2D eigenvalue weighted by atomic mass is 79.9. The molecule has 0 radical (unpaired) electrons. The molecule has 7 heteroatoms. The fraction of sp³-hybridized carbons (Fsp3) is 0.323. The number of rotatable bonds is 7. The first-order valence-electron chi connectivity index (χ1n) is 13.2. The molecule has 1 heterocycles. The highest BCUT2D eigenvalue weighted by Crippen LogP contribution is 2.73. The summed E-state index contributed by atoms with van der Waals surface area (Å²) in [5.41, 5.74) is 1.96. The molecule has 1 aliphatic heterocycles. The Labute approximate surface area is 229 Å². The summed E-state index contributed by atoms with van der Waals surface area (Å²) < 4.78 is 12.9. The van der Waals surface area contributed by atoms with Crippen LogP contribution >= 0.6 is 15.9 Å². The number of nitrogens with zero attached hydrogens (tertiary/aromatic N) is 2. The molecule has 0 unspecified atom stereocenters. The largest absolute Gasteiger partial charge is 0.490 e. The number of halogens is 1. The minimum absolute atomic E-state index is 0.168. The van der Waals surface area contributed by atoms with Crippen molar-refractivity contribution in [1.29, 1.82) is 0 Å². The van der Waals surface area contributed by atoms with Gasteiger partial charge in [-0.25, -0.2) is 0 Å². The molecule has 2 amide bonds. The maximum Gasteiger partial charge on any atom is 0.254 e. The molecular formula is C31H27BrN2O4. The van der Waals surface area contributed by atoms with E-state index >= 15 is 0 Å². The first-order valence-corrected chi connectivity index (χ1v) is 14.0. The molecule has 0 N–H and O–H groups in total. The number of carbonyl (C=O) groups is 2. The van der Waals surface area contributed by atoms with Crippen molar-refractivity contribution < 1.29 is 19.1 Å². The minimum Gasteiger partial charge on any atom is -0.490 e. The van der Waals surface area contributed by atoms with Gasteiger partial charge in [-0.2, -0.15) is 10.1 Å². The van der Waals surface area contributed by atoms with E-state index in [1.54, 1.807) is 6.21 Å². The van der Waals surface area contributed by atoms with Crippen molar-refractivity contribution in [2.75, 3.05) is 6.61 Å². The molecule has 0 aromatic heterocycles. The normalized spacial score (nSPS) is 26.2. The molecule has 2 saturated carbocycles. The molecule has 192 valence electrons. The van der Waals surface area contributed by atoms with Gasteiger partial charge in [0.05, 0.1) is 29.1 Å². The van der Waals surface area contributed by atoms with E-state index < -0.39 is 0 Å². The summed E-state index contributed by atoms with van der Waals surface area (Å²) >= 11 is 3.63. The van der Waals surface area contributed by atoms with Crippen LogP contribution in [0.4, 0.5) is 0 Å². The maximum atomic E-state index is 13.2. The third-order valence-corrected chi connectivity index (χ3v) is 9.32. The van der Waals surface area contributed by atoms with Gasteiger partial charge in [0, 0.05) is 0 Å². The zero-order chi connectivity index (χ0) is 26.0. The summed E-state index contributed by atoms with van der Waals surface area (Å²) in [7, 11) is 0. The van der Waals surface area contributed by atoms with Gasteiger partial charge in [-0.15, -0.1) is 0 Å². The van der Waals surface area contributed by atoms with Crippen molar-refractivity contribution in [2.24, 2.45) is 34.2 Å². The highest BCUT2D eigenvalue weighted by Gasteiger charge is 2.73. The van der Waals surface area contributed by atoms with Gasteiger partial charge >= 0.3 is 0 Å². The molecule has 3 aliphatic carbocycles. The average Bonchev–Trinajstić information content (AvgIpc) is 3.52. The lowest BCUT2D eigenvalue weighted by Crippen LogP contribution is -2.30. The zero-order valence-corrected chi connectivity index (χ0v) is 22.6. The fourth-order valence-electron chi connectivity index (χ4n) is 6.93. The molecule has 1 spiro atoms. The van der Waals surface area contributed by atoms with Gasteiger partial charge in [-0.1, -0.05) is 54.6 Å². The molecule has 1 saturated heterocycles. The molecule has 7 rings (SSSR count). The Hall–Kier alpha value is -3.45. The second kappa shape index (κ2) is 8.80. The van der Waals surface area contributed by atoms with Gasteiger partial charge in [-0.3, -0.25) is 9.59 Å². The van der Waals surface area contributed by atoms with Crippen LogP contribution in [-0.4, -0.2) is 29.6 Å². The number of carbonyl (C=O) groups excluding carboxylic acids is 2. The van der Waals surface area contributed by atoms with Crippen molar-refractivity contribution in [3.8, 4) is 11.5 Å². The second-order valence-corrected chi connectivity index (χ2v) is 11.5. The molecule has 4 atom stereocenters. The lowest BCUT2D eigenvalue weighted by atomic mass is 9.85. The summed E-state index contributed by atoms with van der Waals surface area (Å²) in [4.78, 5) is 26.5. The smallest absolute Gasteiger partial charge is 0.254 e. The van der Waals surface area contributed by atoms with Crippen molar-refractivity contribution in [2.45, 2.75) is 26.4 Å². The molecule has 3 aromatic rings. The first-order chi connectivity index (χ1) is 18.5. The Morgan fingerprint density at radius 1 is 1.00 bits per heavy atom. The number of amides is 2. The summed E-state index contributed by atoms with van der Waals surface area (Å²) in [6, 6.07) is 18.1. The van der Waals surface area contributed by atoms with Gasteiger partial charge in [0.25, 0.3) is 11.8 Å². The van der Waals surface area contributed by atoms with Gasteiger partial charge in [0.2, 0.25) is 0 Å². The van der Waals surface area contributed by atoms with Crippen LogP contribution in [0.5, 0.6) is 11.5 Å².